The van der Waals surface area contributed by atoms with Crippen LogP contribution in [0.25, 0.3) is 32.2 Å². The van der Waals surface area contributed by atoms with E-state index in [9.17, 15) is 18.4 Å². The minimum Gasteiger partial charge on any atom is -0.472 e. The summed E-state index contributed by atoms with van der Waals surface area (Å²) in [6.45, 7) is 4.74. The van der Waals surface area contributed by atoms with E-state index in [0.717, 1.165) is 37.0 Å². The molecule has 3 saturated heterocycles. The number of halogens is 4. The third-order valence-corrected chi connectivity index (χ3v) is 12.2. The first kappa shape index (κ1) is 31.7. The molecule has 4 aliphatic heterocycles. The Morgan fingerprint density at radius 1 is 1.16 bits per heavy atom. The van der Waals surface area contributed by atoms with Gasteiger partial charge >= 0.3 is 6.01 Å². The summed E-state index contributed by atoms with van der Waals surface area (Å²) in [5.74, 6) is -0.710. The molecule has 260 valence electrons. The van der Waals surface area contributed by atoms with Gasteiger partial charge in [0.2, 0.25) is 5.88 Å². The van der Waals surface area contributed by atoms with Crippen LogP contribution >= 0.6 is 11.3 Å². The largest absolute Gasteiger partial charge is 0.472 e. The van der Waals surface area contributed by atoms with Gasteiger partial charge in [0, 0.05) is 54.6 Å². The molecule has 0 unspecified atom stereocenters. The number of likely N-dealkylation sites (tertiary alicyclic amines) is 1. The number of fused-ring (bicyclic) bond motifs is 6. The van der Waals surface area contributed by atoms with Crippen LogP contribution in [0.15, 0.2) is 23.8 Å². The molecule has 50 heavy (non-hydrogen) atoms. The molecule has 7 heterocycles. The lowest BCUT2D eigenvalue weighted by Gasteiger charge is -2.42. The Hall–Kier alpha value is -4.26. The van der Waals surface area contributed by atoms with Crippen LogP contribution in [-0.2, 0) is 0 Å². The minimum absolute atomic E-state index is 0.0186. The van der Waals surface area contributed by atoms with Crippen molar-refractivity contribution in [2.75, 3.05) is 43.4 Å². The summed E-state index contributed by atoms with van der Waals surface area (Å²) in [6, 6.07) is 4.92. The number of nitrogen functional groups attached to an aromatic ring is 1. The van der Waals surface area contributed by atoms with E-state index in [-0.39, 0.29) is 84.5 Å². The molecule has 3 aromatic heterocycles. The van der Waals surface area contributed by atoms with Gasteiger partial charge < -0.3 is 30.3 Å². The van der Waals surface area contributed by atoms with Crippen molar-refractivity contribution in [2.45, 2.75) is 69.7 Å². The number of hydrogen-bond acceptors (Lipinski definition) is 11. The molecule has 15 heteroatoms. The molecule has 1 saturated carbocycles. The number of pyridine rings is 1. The van der Waals surface area contributed by atoms with Gasteiger partial charge in [0.15, 0.2) is 5.82 Å². The molecule has 4 aromatic rings. The highest BCUT2D eigenvalue weighted by molar-refractivity contribution is 7.23. The van der Waals surface area contributed by atoms with Gasteiger partial charge in [0.1, 0.15) is 45.4 Å². The summed E-state index contributed by atoms with van der Waals surface area (Å²) in [6.07, 6.45) is 2.57. The normalized spacial score (nSPS) is 25.3. The summed E-state index contributed by atoms with van der Waals surface area (Å²) in [4.78, 5) is 18.7. The van der Waals surface area contributed by atoms with Crippen LogP contribution in [0.2, 0.25) is 0 Å². The number of nitriles is 1. The fourth-order valence-electron chi connectivity index (χ4n) is 8.42. The van der Waals surface area contributed by atoms with E-state index in [4.69, 9.17) is 25.2 Å². The molecule has 3 N–H and O–H groups in total. The van der Waals surface area contributed by atoms with Gasteiger partial charge in [-0.2, -0.15) is 24.0 Å². The summed E-state index contributed by atoms with van der Waals surface area (Å²) in [5.41, 5.74) is 6.24. The highest BCUT2D eigenvalue weighted by atomic mass is 32.1. The molecule has 0 spiro atoms. The van der Waals surface area contributed by atoms with Crippen molar-refractivity contribution < 1.29 is 27.0 Å². The van der Waals surface area contributed by atoms with Gasteiger partial charge in [-0.3, -0.25) is 0 Å². The number of piperidine rings is 1. The van der Waals surface area contributed by atoms with Crippen molar-refractivity contribution in [3.63, 3.8) is 0 Å². The molecule has 1 aliphatic carbocycles. The van der Waals surface area contributed by atoms with E-state index in [1.807, 2.05) is 13.0 Å². The molecular weight excluding hydrogens is 672 g/mol. The van der Waals surface area contributed by atoms with Crippen molar-refractivity contribution in [3.05, 3.63) is 41.0 Å². The van der Waals surface area contributed by atoms with E-state index in [0.29, 0.717) is 56.8 Å². The molecule has 4 atom stereocenters. The number of thiophene rings is 1. The average Bonchev–Trinajstić information content (AvgIpc) is 3.67. The molecular formula is C35H34F4N8O2S. The Morgan fingerprint density at radius 2 is 1.96 bits per heavy atom. The molecule has 2 bridgehead atoms. The van der Waals surface area contributed by atoms with Crippen molar-refractivity contribution in [2.24, 2.45) is 5.41 Å². The number of benzene rings is 1. The molecule has 0 amide bonds. The number of nitrogens with two attached hydrogens (primary N) is 1. The number of nitrogens with zero attached hydrogens (tertiary/aromatic N) is 6. The lowest BCUT2D eigenvalue weighted by atomic mass is 9.99. The molecule has 9 rings (SSSR count). The smallest absolute Gasteiger partial charge is 0.319 e. The predicted octanol–water partition coefficient (Wildman–Crippen LogP) is 6.13. The van der Waals surface area contributed by atoms with E-state index in [1.54, 1.807) is 0 Å². The van der Waals surface area contributed by atoms with Gasteiger partial charge in [-0.05, 0) is 63.2 Å². The maximum atomic E-state index is 17.1. The monoisotopic (exact) mass is 706 g/mol. The lowest BCUT2D eigenvalue weighted by Crippen LogP contribution is -2.62. The number of piperazine rings is 1. The van der Waals surface area contributed by atoms with Crippen LogP contribution in [0.4, 0.5) is 28.4 Å². The van der Waals surface area contributed by atoms with Crippen LogP contribution in [0.1, 0.15) is 51.0 Å². The van der Waals surface area contributed by atoms with Crippen molar-refractivity contribution in [1.82, 2.24) is 25.2 Å². The van der Waals surface area contributed by atoms with Crippen LogP contribution in [0, 0.1) is 28.4 Å². The highest BCUT2D eigenvalue weighted by Crippen LogP contribution is 2.49. The quantitative estimate of drug-likeness (QED) is 0.226. The van der Waals surface area contributed by atoms with Crippen molar-refractivity contribution >= 4 is 43.1 Å². The van der Waals surface area contributed by atoms with Crippen LogP contribution in [0.3, 0.4) is 0 Å². The second-order valence-electron chi connectivity index (χ2n) is 14.3. The number of aromatic nitrogens is 3. The summed E-state index contributed by atoms with van der Waals surface area (Å²) >= 11 is 0.927. The molecule has 0 radical (unpaired) electrons. The van der Waals surface area contributed by atoms with E-state index in [1.165, 1.54) is 12.1 Å². The fourth-order valence-corrected chi connectivity index (χ4v) is 9.37. The van der Waals surface area contributed by atoms with E-state index in [2.05, 4.69) is 20.1 Å². The Kier molecular flexibility index (Phi) is 7.38. The lowest BCUT2D eigenvalue weighted by molar-refractivity contribution is 0.146. The zero-order valence-corrected chi connectivity index (χ0v) is 28.1. The van der Waals surface area contributed by atoms with Crippen molar-refractivity contribution in [1.29, 1.82) is 5.26 Å². The van der Waals surface area contributed by atoms with Crippen LogP contribution in [0.5, 0.6) is 11.9 Å². The van der Waals surface area contributed by atoms with E-state index >= 15 is 4.39 Å². The number of anilines is 2. The van der Waals surface area contributed by atoms with Gasteiger partial charge in [-0.1, -0.05) is 0 Å². The number of hydrogen-bond donors (Lipinski definition) is 2. The highest BCUT2D eigenvalue weighted by Gasteiger charge is 2.48. The Balaban J connectivity index is 1.14. The number of ether oxygens (including phenoxy) is 2. The number of rotatable bonds is 6. The first-order chi connectivity index (χ1) is 24.1. The van der Waals surface area contributed by atoms with E-state index < -0.39 is 17.7 Å². The molecule has 10 nitrogen and oxygen atoms in total. The third kappa shape index (κ3) is 5.05. The molecule has 5 aliphatic rings. The van der Waals surface area contributed by atoms with Crippen LogP contribution in [-0.4, -0.2) is 76.9 Å². The zero-order valence-electron chi connectivity index (χ0n) is 27.2. The topological polar surface area (TPSA) is 125 Å². The van der Waals surface area contributed by atoms with Crippen LogP contribution < -0.4 is 25.4 Å². The summed E-state index contributed by atoms with van der Waals surface area (Å²) in [5, 5.41) is 14.3. The second-order valence-corrected chi connectivity index (χ2v) is 15.4. The second kappa shape index (κ2) is 11.6. The van der Waals surface area contributed by atoms with Gasteiger partial charge in [0.25, 0.3) is 6.08 Å². The number of nitrogens with one attached hydrogen (secondary N) is 1. The van der Waals surface area contributed by atoms with Gasteiger partial charge in [0.05, 0.1) is 22.9 Å². The third-order valence-electron chi connectivity index (χ3n) is 11.2. The SMILES string of the molecule is C[C@@H]1Oc2nc(-c3ccc(F)c4sc(N)c(C#N)c34)c(F)c3nc(OCC4(CN5CCC(=C(F)F)CC5)CC4)nc(c23)N2C[C@H]3CC[C@H](N3)[C@@H]12. The Morgan fingerprint density at radius 3 is 2.70 bits per heavy atom. The Bertz CT molecular complexity index is 2130. The fraction of sp³-hybridized carbons (Fsp3) is 0.486. The standard InChI is InChI=1S/C35H34F4N8O2S/c1-16-28-22-5-2-18(42-22)13-47(28)32-24-27(44-34(45-32)48-15-35(8-9-35)14-46-10-6-17(7-11-46)30(38)39)25(37)26(43-33(24)49-16)19-3-4-21(36)29-23(19)20(12-40)31(41)50-29/h3-4,16,18,22,28,42H,2,5-11,13-15,41H2,1H3/t16-,18+,22-,28+/m0/s1. The first-order valence-electron chi connectivity index (χ1n) is 17.0. The van der Waals surface area contributed by atoms with Gasteiger partial charge in [-0.25, -0.2) is 13.8 Å². The average molecular weight is 707 g/mol. The summed E-state index contributed by atoms with van der Waals surface area (Å²) < 4.78 is 71.3. The molecule has 4 fully saturated rings. The molecule has 1 aromatic carbocycles. The summed E-state index contributed by atoms with van der Waals surface area (Å²) in [7, 11) is 0. The Labute approximate surface area is 288 Å². The van der Waals surface area contributed by atoms with Gasteiger partial charge in [-0.15, -0.1) is 11.3 Å². The zero-order chi connectivity index (χ0) is 34.5. The maximum Gasteiger partial charge on any atom is 0.319 e. The van der Waals surface area contributed by atoms with Crippen molar-refractivity contribution in [3.8, 4) is 29.2 Å². The predicted molar refractivity (Wildman–Crippen MR) is 180 cm³/mol. The minimum atomic E-state index is -1.57. The first-order valence-corrected chi connectivity index (χ1v) is 17.8. The maximum absolute atomic E-state index is 17.1.